The second-order valence-electron chi connectivity index (χ2n) is 10.2. The number of nitrogens with zero attached hydrogens (tertiary/aromatic N) is 1. The zero-order valence-corrected chi connectivity index (χ0v) is 21.7. The maximum Gasteiger partial charge on any atom is 0.293 e. The summed E-state index contributed by atoms with van der Waals surface area (Å²) in [6.45, 7) is 2.29. The summed E-state index contributed by atoms with van der Waals surface area (Å²) < 4.78 is 27.8. The number of aliphatic hydroxyl groups is 1. The van der Waals surface area contributed by atoms with Gasteiger partial charge in [-0.1, -0.05) is 18.2 Å². The maximum atomic E-state index is 12.9. The molecule has 4 rings (SSSR count). The van der Waals surface area contributed by atoms with Gasteiger partial charge in [-0.25, -0.2) is 13.1 Å². The van der Waals surface area contributed by atoms with Gasteiger partial charge in [0.15, 0.2) is 0 Å². The van der Waals surface area contributed by atoms with Crippen molar-refractivity contribution in [2.24, 2.45) is 5.92 Å². The second kappa shape index (κ2) is 11.0. The molecule has 0 unspecified atom stereocenters. The lowest BCUT2D eigenvalue weighted by Crippen LogP contribution is -2.32. The summed E-state index contributed by atoms with van der Waals surface area (Å²) in [6, 6.07) is 10.3. The van der Waals surface area contributed by atoms with Crippen LogP contribution in [-0.4, -0.2) is 36.5 Å². The van der Waals surface area contributed by atoms with Crippen LogP contribution in [0.5, 0.6) is 0 Å². The normalized spacial score (nSPS) is 22.1. The highest BCUT2D eigenvalue weighted by Crippen LogP contribution is 2.33. The number of allylic oxidation sites excluding steroid dienone is 2. The SMILES string of the molecule is CC1(O)CCC(CNc2ccc(S(=O)(=O)NC(=O)c3ccc(C4=CCCCC4)cc3)cc2[N+](=O)[O-])CC1. The zero-order chi connectivity index (χ0) is 26.6. The van der Waals surface area contributed by atoms with Crippen molar-refractivity contribution in [1.29, 1.82) is 0 Å². The molecule has 0 heterocycles. The van der Waals surface area contributed by atoms with Crippen LogP contribution in [0.4, 0.5) is 11.4 Å². The predicted octanol–water partition coefficient (Wildman–Crippen LogP) is 5.02. The molecule has 0 spiro atoms. The van der Waals surface area contributed by atoms with Gasteiger partial charge < -0.3 is 10.4 Å². The highest BCUT2D eigenvalue weighted by Gasteiger charge is 2.29. The van der Waals surface area contributed by atoms with E-state index in [1.807, 2.05) is 11.6 Å². The molecule has 1 fully saturated rings. The smallest absolute Gasteiger partial charge is 0.293 e. The van der Waals surface area contributed by atoms with E-state index in [-0.39, 0.29) is 27.8 Å². The molecule has 37 heavy (non-hydrogen) atoms. The van der Waals surface area contributed by atoms with Crippen molar-refractivity contribution >= 4 is 32.9 Å². The first-order valence-electron chi connectivity index (χ1n) is 12.7. The lowest BCUT2D eigenvalue weighted by Gasteiger charge is -2.33. The van der Waals surface area contributed by atoms with Crippen LogP contribution >= 0.6 is 0 Å². The van der Waals surface area contributed by atoms with Crippen LogP contribution in [0.15, 0.2) is 53.4 Å². The van der Waals surface area contributed by atoms with Gasteiger partial charge >= 0.3 is 0 Å². The predicted molar refractivity (Wildman–Crippen MR) is 142 cm³/mol. The van der Waals surface area contributed by atoms with E-state index >= 15 is 0 Å². The Morgan fingerprint density at radius 1 is 1.14 bits per heavy atom. The van der Waals surface area contributed by atoms with Gasteiger partial charge in [0.2, 0.25) is 0 Å². The largest absolute Gasteiger partial charge is 0.390 e. The summed E-state index contributed by atoms with van der Waals surface area (Å²) in [5, 5.41) is 24.9. The number of nitrogens with one attached hydrogen (secondary N) is 2. The average Bonchev–Trinajstić information content (AvgIpc) is 2.88. The van der Waals surface area contributed by atoms with Gasteiger partial charge in [-0.15, -0.1) is 0 Å². The standard InChI is InChI=1S/C27H33N3O6S/c1-27(32)15-13-19(14-16-27)18-28-24-12-11-23(17-25(24)30(33)34)37(35,36)29-26(31)22-9-7-21(8-10-22)20-5-3-2-4-6-20/h5,7-12,17,19,28,32H,2-4,6,13-16,18H2,1H3,(H,29,31). The lowest BCUT2D eigenvalue weighted by molar-refractivity contribution is -0.384. The summed E-state index contributed by atoms with van der Waals surface area (Å²) in [4.78, 5) is 23.3. The van der Waals surface area contributed by atoms with Gasteiger partial charge in [-0.05, 0) is 99.6 Å². The molecule has 2 aromatic carbocycles. The Morgan fingerprint density at radius 2 is 1.84 bits per heavy atom. The minimum absolute atomic E-state index is 0.183. The topological polar surface area (TPSA) is 139 Å². The minimum Gasteiger partial charge on any atom is -0.390 e. The summed E-state index contributed by atoms with van der Waals surface area (Å²) in [6.07, 6.45) is 9.41. The molecule has 0 radical (unpaired) electrons. The molecule has 10 heteroatoms. The number of anilines is 1. The summed E-state index contributed by atoms with van der Waals surface area (Å²) in [5.41, 5.74) is 1.57. The lowest BCUT2D eigenvalue weighted by atomic mass is 9.80. The molecule has 0 saturated heterocycles. The molecule has 9 nitrogen and oxygen atoms in total. The molecule has 0 bridgehead atoms. The number of nitro groups is 1. The Bertz CT molecular complexity index is 1290. The zero-order valence-electron chi connectivity index (χ0n) is 20.9. The highest BCUT2D eigenvalue weighted by atomic mass is 32.2. The van der Waals surface area contributed by atoms with E-state index < -0.39 is 26.5 Å². The van der Waals surface area contributed by atoms with E-state index in [4.69, 9.17) is 0 Å². The third-order valence-electron chi connectivity index (χ3n) is 7.28. The molecule has 2 aliphatic rings. The van der Waals surface area contributed by atoms with Crippen LogP contribution in [0.1, 0.15) is 74.2 Å². The molecular weight excluding hydrogens is 494 g/mol. The molecule has 198 valence electrons. The third kappa shape index (κ3) is 6.75. The second-order valence-corrected chi connectivity index (χ2v) is 11.9. The third-order valence-corrected chi connectivity index (χ3v) is 8.60. The Balaban J connectivity index is 1.44. The molecule has 1 saturated carbocycles. The number of benzene rings is 2. The number of sulfonamides is 1. The van der Waals surface area contributed by atoms with Crippen molar-refractivity contribution in [3.8, 4) is 0 Å². The quantitative estimate of drug-likeness (QED) is 0.323. The Morgan fingerprint density at radius 3 is 2.46 bits per heavy atom. The van der Waals surface area contributed by atoms with E-state index in [0.29, 0.717) is 19.4 Å². The number of nitro benzene ring substituents is 1. The van der Waals surface area contributed by atoms with Crippen molar-refractivity contribution in [2.45, 2.75) is 68.8 Å². The fraction of sp³-hybridized carbons (Fsp3) is 0.444. The number of rotatable bonds is 8. The Labute approximate surface area is 217 Å². The van der Waals surface area contributed by atoms with Crippen molar-refractivity contribution in [3.05, 3.63) is 69.8 Å². The fourth-order valence-electron chi connectivity index (χ4n) is 4.91. The summed E-state index contributed by atoms with van der Waals surface area (Å²) in [7, 11) is -4.33. The molecule has 1 amide bonds. The van der Waals surface area contributed by atoms with E-state index in [9.17, 15) is 28.4 Å². The molecule has 0 aliphatic heterocycles. The maximum absolute atomic E-state index is 12.9. The highest BCUT2D eigenvalue weighted by molar-refractivity contribution is 7.90. The monoisotopic (exact) mass is 527 g/mol. The van der Waals surface area contributed by atoms with Gasteiger partial charge in [-0.3, -0.25) is 14.9 Å². The first kappa shape index (κ1) is 26.8. The Hall–Kier alpha value is -3.24. The number of hydrogen-bond acceptors (Lipinski definition) is 7. The van der Waals surface area contributed by atoms with Gasteiger partial charge in [-0.2, -0.15) is 0 Å². The summed E-state index contributed by atoms with van der Waals surface area (Å²) >= 11 is 0. The fourth-order valence-corrected chi connectivity index (χ4v) is 5.91. The number of amides is 1. The number of carbonyl (C=O) groups is 1. The van der Waals surface area contributed by atoms with Crippen molar-refractivity contribution in [2.75, 3.05) is 11.9 Å². The van der Waals surface area contributed by atoms with E-state index in [0.717, 1.165) is 43.7 Å². The number of carbonyl (C=O) groups excluding carboxylic acids is 1. The van der Waals surface area contributed by atoms with Gasteiger partial charge in [0, 0.05) is 18.2 Å². The van der Waals surface area contributed by atoms with Crippen LogP contribution in [0, 0.1) is 16.0 Å². The van der Waals surface area contributed by atoms with Crippen molar-refractivity contribution in [1.82, 2.24) is 4.72 Å². The Kier molecular flexibility index (Phi) is 7.99. The van der Waals surface area contributed by atoms with Crippen molar-refractivity contribution < 1.29 is 23.2 Å². The minimum atomic E-state index is -4.33. The summed E-state index contributed by atoms with van der Waals surface area (Å²) in [5.74, 6) is -0.550. The van der Waals surface area contributed by atoms with Crippen molar-refractivity contribution in [3.63, 3.8) is 0 Å². The van der Waals surface area contributed by atoms with E-state index in [1.165, 1.54) is 24.1 Å². The van der Waals surface area contributed by atoms with Crippen LogP contribution in [-0.2, 0) is 10.0 Å². The van der Waals surface area contributed by atoms with E-state index in [1.54, 1.807) is 24.3 Å². The molecule has 2 aromatic rings. The first-order valence-corrected chi connectivity index (χ1v) is 14.1. The number of hydrogen-bond donors (Lipinski definition) is 3. The van der Waals surface area contributed by atoms with Gasteiger partial charge in [0.1, 0.15) is 5.69 Å². The molecule has 0 atom stereocenters. The average molecular weight is 528 g/mol. The van der Waals surface area contributed by atoms with Gasteiger partial charge in [0.25, 0.3) is 21.6 Å². The van der Waals surface area contributed by atoms with Crippen LogP contribution in [0.25, 0.3) is 5.57 Å². The van der Waals surface area contributed by atoms with Crippen LogP contribution < -0.4 is 10.0 Å². The van der Waals surface area contributed by atoms with Gasteiger partial charge in [0.05, 0.1) is 15.4 Å². The van der Waals surface area contributed by atoms with Crippen LogP contribution in [0.3, 0.4) is 0 Å². The van der Waals surface area contributed by atoms with Crippen LogP contribution in [0.2, 0.25) is 0 Å². The molecular formula is C27H33N3O6S. The molecule has 3 N–H and O–H groups in total. The van der Waals surface area contributed by atoms with E-state index in [2.05, 4.69) is 11.4 Å². The first-order chi connectivity index (χ1) is 17.5. The molecule has 2 aliphatic carbocycles. The molecule has 0 aromatic heterocycles.